The number of likely N-dealkylation sites (tertiary alicyclic amines) is 1. The summed E-state index contributed by atoms with van der Waals surface area (Å²) in [6, 6.07) is -0.184. The van der Waals surface area contributed by atoms with Crippen LogP contribution in [0.2, 0.25) is 0 Å². The van der Waals surface area contributed by atoms with Crippen molar-refractivity contribution in [2.75, 3.05) is 13.1 Å². The summed E-state index contributed by atoms with van der Waals surface area (Å²) in [5.41, 5.74) is 0. The van der Waals surface area contributed by atoms with Gasteiger partial charge in [0.1, 0.15) is 5.82 Å². The Balaban J connectivity index is 1.60. The summed E-state index contributed by atoms with van der Waals surface area (Å²) in [5.74, 6) is 1.99. The molecule has 2 amide bonds. The molecule has 3 heterocycles. The molecule has 1 aromatic rings. The number of carbonyl (C=O) groups excluding carboxylic acids is 2. The van der Waals surface area contributed by atoms with Gasteiger partial charge in [0.2, 0.25) is 11.8 Å². The van der Waals surface area contributed by atoms with Crippen LogP contribution in [0.3, 0.4) is 0 Å². The van der Waals surface area contributed by atoms with Crippen LogP contribution in [0.4, 0.5) is 0 Å². The van der Waals surface area contributed by atoms with Crippen molar-refractivity contribution in [3.8, 4) is 0 Å². The van der Waals surface area contributed by atoms with Crippen molar-refractivity contribution >= 4 is 11.8 Å². The molecule has 2 aliphatic rings. The van der Waals surface area contributed by atoms with E-state index < -0.39 is 0 Å². The first-order chi connectivity index (χ1) is 11.0. The number of rotatable bonds is 5. The smallest absolute Gasteiger partial charge is 0.226 e. The van der Waals surface area contributed by atoms with Gasteiger partial charge < -0.3 is 14.8 Å². The molecule has 0 bridgehead atoms. The summed E-state index contributed by atoms with van der Waals surface area (Å²) >= 11 is 0. The number of amides is 2. The van der Waals surface area contributed by atoms with Crippen molar-refractivity contribution in [2.24, 2.45) is 11.8 Å². The van der Waals surface area contributed by atoms with Gasteiger partial charge in [-0.1, -0.05) is 13.8 Å². The molecule has 1 fully saturated rings. The average Bonchev–Trinajstić information content (AvgIpc) is 3.14. The average molecular weight is 319 g/mol. The van der Waals surface area contributed by atoms with Gasteiger partial charge in [-0.3, -0.25) is 9.59 Å². The second-order valence-corrected chi connectivity index (χ2v) is 7.05. The third kappa shape index (κ3) is 3.23. The van der Waals surface area contributed by atoms with Gasteiger partial charge in [-0.25, -0.2) is 0 Å². The van der Waals surface area contributed by atoms with Crippen molar-refractivity contribution in [3.63, 3.8) is 0 Å². The predicted molar refractivity (Wildman–Crippen MR) is 84.4 cm³/mol. The van der Waals surface area contributed by atoms with Gasteiger partial charge in [0, 0.05) is 32.5 Å². The van der Waals surface area contributed by atoms with Crippen LogP contribution in [0.5, 0.6) is 0 Å². The van der Waals surface area contributed by atoms with Gasteiger partial charge in [-0.15, -0.1) is 10.2 Å². The number of carbonyl (C=O) groups is 2. The number of aromatic nitrogens is 3. The minimum Gasteiger partial charge on any atom is -0.346 e. The summed E-state index contributed by atoms with van der Waals surface area (Å²) in [5, 5.41) is 11.4. The monoisotopic (exact) mass is 319 g/mol. The Morgan fingerprint density at radius 2 is 2.13 bits per heavy atom. The Bertz CT molecular complexity index is 610. The largest absolute Gasteiger partial charge is 0.346 e. The molecule has 1 saturated heterocycles. The zero-order valence-electron chi connectivity index (χ0n) is 14.1. The van der Waals surface area contributed by atoms with E-state index in [9.17, 15) is 9.59 Å². The predicted octanol–water partition coefficient (Wildman–Crippen LogP) is 0.906. The van der Waals surface area contributed by atoms with Crippen LogP contribution >= 0.6 is 0 Å². The molecular weight excluding hydrogens is 294 g/mol. The molecule has 0 radical (unpaired) electrons. The van der Waals surface area contributed by atoms with Crippen LogP contribution in [-0.4, -0.2) is 44.6 Å². The highest BCUT2D eigenvalue weighted by molar-refractivity contribution is 5.89. The molecule has 23 heavy (non-hydrogen) atoms. The van der Waals surface area contributed by atoms with Crippen LogP contribution in [0.25, 0.3) is 0 Å². The fourth-order valence-electron chi connectivity index (χ4n) is 3.45. The summed E-state index contributed by atoms with van der Waals surface area (Å²) in [6.07, 6.45) is 2.35. The SMILES string of the molecule is CC(C)CN1C[C@@H](C(=O)N[C@H](C)c2nnc3n2CCC3)CC1=O. The molecule has 0 spiro atoms. The Hall–Kier alpha value is -1.92. The maximum atomic E-state index is 12.5. The second kappa shape index (κ2) is 6.29. The highest BCUT2D eigenvalue weighted by Crippen LogP contribution is 2.22. The van der Waals surface area contributed by atoms with Crippen molar-refractivity contribution in [1.82, 2.24) is 25.0 Å². The topological polar surface area (TPSA) is 80.1 Å². The minimum absolute atomic E-state index is 0.0625. The zero-order chi connectivity index (χ0) is 16.6. The second-order valence-electron chi connectivity index (χ2n) is 7.05. The Kier molecular flexibility index (Phi) is 4.37. The van der Waals surface area contributed by atoms with E-state index in [1.165, 1.54) is 0 Å². The number of hydrogen-bond acceptors (Lipinski definition) is 4. The molecule has 7 nitrogen and oxygen atoms in total. The first kappa shape index (κ1) is 16.0. The Morgan fingerprint density at radius 3 is 2.87 bits per heavy atom. The molecule has 3 rings (SSSR count). The summed E-state index contributed by atoms with van der Waals surface area (Å²) in [4.78, 5) is 26.3. The Labute approximate surface area is 136 Å². The van der Waals surface area contributed by atoms with E-state index in [1.807, 2.05) is 6.92 Å². The standard InChI is InChI=1S/C16H25N5O2/c1-10(2)8-20-9-12(7-14(20)22)16(23)17-11(3)15-19-18-13-5-4-6-21(13)15/h10-12H,4-9H2,1-3H3,(H,17,23)/t11-,12+/m1/s1. The van der Waals surface area contributed by atoms with Gasteiger partial charge in [0.05, 0.1) is 12.0 Å². The quantitative estimate of drug-likeness (QED) is 0.874. The van der Waals surface area contributed by atoms with E-state index in [-0.39, 0.29) is 23.8 Å². The number of nitrogens with one attached hydrogen (secondary N) is 1. The van der Waals surface area contributed by atoms with Crippen molar-refractivity contribution < 1.29 is 9.59 Å². The lowest BCUT2D eigenvalue weighted by Gasteiger charge is -2.19. The van der Waals surface area contributed by atoms with E-state index in [0.29, 0.717) is 18.9 Å². The van der Waals surface area contributed by atoms with E-state index in [2.05, 4.69) is 33.9 Å². The van der Waals surface area contributed by atoms with Gasteiger partial charge in [-0.2, -0.15) is 0 Å². The van der Waals surface area contributed by atoms with Gasteiger partial charge in [-0.05, 0) is 19.3 Å². The number of hydrogen-bond donors (Lipinski definition) is 1. The molecule has 2 atom stereocenters. The van der Waals surface area contributed by atoms with Crippen LogP contribution in [0.1, 0.15) is 51.3 Å². The third-order valence-corrected chi connectivity index (χ3v) is 4.55. The maximum Gasteiger partial charge on any atom is 0.226 e. The maximum absolute atomic E-state index is 12.5. The molecule has 0 aliphatic carbocycles. The van der Waals surface area contributed by atoms with E-state index in [0.717, 1.165) is 37.6 Å². The molecule has 7 heteroatoms. The van der Waals surface area contributed by atoms with Gasteiger partial charge in [0.25, 0.3) is 0 Å². The van der Waals surface area contributed by atoms with Crippen LogP contribution < -0.4 is 5.32 Å². The van der Waals surface area contributed by atoms with Crippen LogP contribution in [-0.2, 0) is 22.6 Å². The highest BCUT2D eigenvalue weighted by Gasteiger charge is 2.35. The molecule has 0 aromatic carbocycles. The lowest BCUT2D eigenvalue weighted by Crippen LogP contribution is -2.36. The normalized spacial score (nSPS) is 21.8. The van der Waals surface area contributed by atoms with E-state index in [4.69, 9.17) is 0 Å². The molecular formula is C16H25N5O2. The molecule has 0 saturated carbocycles. The molecule has 2 aliphatic heterocycles. The first-order valence-corrected chi connectivity index (χ1v) is 8.45. The fraction of sp³-hybridized carbons (Fsp3) is 0.750. The molecule has 1 N–H and O–H groups in total. The zero-order valence-corrected chi connectivity index (χ0v) is 14.1. The van der Waals surface area contributed by atoms with E-state index >= 15 is 0 Å². The molecule has 126 valence electrons. The van der Waals surface area contributed by atoms with Crippen molar-refractivity contribution in [3.05, 3.63) is 11.6 Å². The summed E-state index contributed by atoms with van der Waals surface area (Å²) in [7, 11) is 0. The third-order valence-electron chi connectivity index (χ3n) is 4.55. The van der Waals surface area contributed by atoms with Crippen molar-refractivity contribution in [2.45, 2.75) is 52.6 Å². The van der Waals surface area contributed by atoms with Crippen LogP contribution in [0.15, 0.2) is 0 Å². The van der Waals surface area contributed by atoms with E-state index in [1.54, 1.807) is 4.90 Å². The summed E-state index contributed by atoms with van der Waals surface area (Å²) < 4.78 is 2.09. The first-order valence-electron chi connectivity index (χ1n) is 8.45. The number of aryl methyl sites for hydroxylation is 1. The van der Waals surface area contributed by atoms with Gasteiger partial charge in [0.15, 0.2) is 5.82 Å². The van der Waals surface area contributed by atoms with Gasteiger partial charge >= 0.3 is 0 Å². The molecule has 1 aromatic heterocycles. The number of nitrogens with zero attached hydrogens (tertiary/aromatic N) is 4. The van der Waals surface area contributed by atoms with Crippen molar-refractivity contribution in [1.29, 1.82) is 0 Å². The highest BCUT2D eigenvalue weighted by atomic mass is 16.2. The molecule has 0 unspecified atom stereocenters. The van der Waals surface area contributed by atoms with Crippen LogP contribution in [0, 0.1) is 11.8 Å². The lowest BCUT2D eigenvalue weighted by molar-refractivity contribution is -0.129. The Morgan fingerprint density at radius 1 is 1.35 bits per heavy atom. The lowest BCUT2D eigenvalue weighted by atomic mass is 10.1. The summed E-state index contributed by atoms with van der Waals surface area (Å²) in [6.45, 7) is 8.24. The number of fused-ring (bicyclic) bond motifs is 1. The minimum atomic E-state index is -0.260. The fourth-order valence-corrected chi connectivity index (χ4v) is 3.45.